The van der Waals surface area contributed by atoms with Gasteiger partial charge in [0.25, 0.3) is 5.91 Å². The van der Waals surface area contributed by atoms with Crippen LogP contribution in [0.4, 0.5) is 0 Å². The first-order valence-corrected chi connectivity index (χ1v) is 13.0. The molecule has 0 bridgehead atoms. The molecule has 0 saturated carbocycles. The van der Waals surface area contributed by atoms with Crippen LogP contribution in [0.25, 0.3) is 10.2 Å². The molecule has 4 aromatic rings. The van der Waals surface area contributed by atoms with Gasteiger partial charge < -0.3 is 4.18 Å². The highest BCUT2D eigenvalue weighted by molar-refractivity contribution is 8.01. The minimum Gasteiger partial charge on any atom is -0.379 e. The average molecular weight is 498 g/mol. The summed E-state index contributed by atoms with van der Waals surface area (Å²) in [5, 5.41) is 3.94. The minimum absolute atomic E-state index is 0.0741. The summed E-state index contributed by atoms with van der Waals surface area (Å²) in [4.78, 5) is 16.6. The number of carbonyl (C=O) groups excluding carboxylic acids is 1. The van der Waals surface area contributed by atoms with Crippen molar-refractivity contribution in [3.8, 4) is 5.75 Å². The fourth-order valence-corrected chi connectivity index (χ4v) is 5.56. The zero-order valence-corrected chi connectivity index (χ0v) is 19.9. The molecule has 0 aliphatic rings. The molecule has 10 heteroatoms. The minimum atomic E-state index is -3.95. The van der Waals surface area contributed by atoms with E-state index < -0.39 is 10.1 Å². The van der Waals surface area contributed by atoms with Crippen LogP contribution < -0.4 is 9.61 Å². The smallest absolute Gasteiger partial charge is 0.339 e. The average Bonchev–Trinajstić information content (AvgIpc) is 3.21. The van der Waals surface area contributed by atoms with Gasteiger partial charge in [0.2, 0.25) is 0 Å². The predicted molar refractivity (Wildman–Crippen MR) is 132 cm³/mol. The van der Waals surface area contributed by atoms with Crippen LogP contribution in [0.3, 0.4) is 0 Å². The van der Waals surface area contributed by atoms with E-state index in [0.717, 1.165) is 20.1 Å². The van der Waals surface area contributed by atoms with E-state index in [9.17, 15) is 13.2 Å². The SMILES string of the molecule is Cc1ccc(S(=O)(=O)Oc2cccc(/C=N\NC(=O)CSc3nc4ccccc4s3)c2)cc1. The van der Waals surface area contributed by atoms with Crippen molar-refractivity contribution in [2.24, 2.45) is 5.10 Å². The van der Waals surface area contributed by atoms with Gasteiger partial charge in [-0.2, -0.15) is 13.5 Å². The molecule has 0 atom stereocenters. The number of para-hydroxylation sites is 1. The van der Waals surface area contributed by atoms with E-state index in [1.54, 1.807) is 24.3 Å². The summed E-state index contributed by atoms with van der Waals surface area (Å²) in [6.45, 7) is 1.87. The number of rotatable bonds is 8. The van der Waals surface area contributed by atoms with Crippen LogP contribution in [0.2, 0.25) is 0 Å². The van der Waals surface area contributed by atoms with Gasteiger partial charge in [-0.25, -0.2) is 10.4 Å². The van der Waals surface area contributed by atoms with Crippen LogP contribution >= 0.6 is 23.1 Å². The molecule has 0 fully saturated rings. The Morgan fingerprint density at radius 2 is 1.91 bits per heavy atom. The number of fused-ring (bicyclic) bond motifs is 1. The lowest BCUT2D eigenvalue weighted by Crippen LogP contribution is -2.19. The number of carbonyl (C=O) groups is 1. The van der Waals surface area contributed by atoms with Crippen molar-refractivity contribution in [1.82, 2.24) is 10.4 Å². The van der Waals surface area contributed by atoms with Gasteiger partial charge in [-0.3, -0.25) is 4.79 Å². The number of thioether (sulfide) groups is 1. The molecule has 1 aromatic heterocycles. The number of aromatic nitrogens is 1. The maximum absolute atomic E-state index is 12.5. The third-order valence-electron chi connectivity index (χ3n) is 4.38. The fraction of sp³-hybridized carbons (Fsp3) is 0.0870. The maximum Gasteiger partial charge on any atom is 0.339 e. The molecule has 0 radical (unpaired) electrons. The number of hydrogen-bond donors (Lipinski definition) is 1. The van der Waals surface area contributed by atoms with Crippen LogP contribution in [0.15, 0.2) is 87.1 Å². The Morgan fingerprint density at radius 3 is 2.70 bits per heavy atom. The highest BCUT2D eigenvalue weighted by Crippen LogP contribution is 2.29. The first kappa shape index (κ1) is 23.0. The number of thiazole rings is 1. The van der Waals surface area contributed by atoms with Gasteiger partial charge in [-0.1, -0.05) is 53.7 Å². The van der Waals surface area contributed by atoms with Crippen molar-refractivity contribution >= 4 is 55.6 Å². The van der Waals surface area contributed by atoms with Crippen LogP contribution in [0.5, 0.6) is 5.75 Å². The Morgan fingerprint density at radius 1 is 1.12 bits per heavy atom. The van der Waals surface area contributed by atoms with Gasteiger partial charge in [0.15, 0.2) is 4.34 Å². The van der Waals surface area contributed by atoms with Crippen molar-refractivity contribution in [2.45, 2.75) is 16.2 Å². The summed E-state index contributed by atoms with van der Waals surface area (Å²) >= 11 is 2.88. The monoisotopic (exact) mass is 497 g/mol. The largest absolute Gasteiger partial charge is 0.379 e. The molecular formula is C23H19N3O4S3. The van der Waals surface area contributed by atoms with Gasteiger partial charge in [-0.15, -0.1) is 11.3 Å². The van der Waals surface area contributed by atoms with E-state index in [-0.39, 0.29) is 22.3 Å². The standard InChI is InChI=1S/C23H19N3O4S3/c1-16-9-11-19(12-10-16)33(28,29)30-18-6-4-5-17(13-18)14-24-26-22(27)15-31-23-25-20-7-2-3-8-21(20)32-23/h2-14H,15H2,1H3,(H,26,27)/b24-14-. The summed E-state index contributed by atoms with van der Waals surface area (Å²) in [6, 6.07) is 20.6. The molecule has 0 aliphatic heterocycles. The molecule has 0 spiro atoms. The van der Waals surface area contributed by atoms with Crippen molar-refractivity contribution < 1.29 is 17.4 Å². The molecule has 0 unspecified atom stereocenters. The summed E-state index contributed by atoms with van der Waals surface area (Å²) in [7, 11) is -3.95. The summed E-state index contributed by atoms with van der Waals surface area (Å²) in [5.41, 5.74) is 4.90. The first-order valence-electron chi connectivity index (χ1n) is 9.80. The van der Waals surface area contributed by atoms with Crippen LogP contribution in [-0.2, 0) is 14.9 Å². The number of nitrogens with zero attached hydrogens (tertiary/aromatic N) is 2. The topological polar surface area (TPSA) is 97.7 Å². The molecule has 1 amide bonds. The molecule has 1 N–H and O–H groups in total. The second-order valence-corrected chi connectivity index (χ2v) is 10.8. The van der Waals surface area contributed by atoms with E-state index >= 15 is 0 Å². The van der Waals surface area contributed by atoms with E-state index in [1.807, 2.05) is 31.2 Å². The van der Waals surface area contributed by atoms with E-state index in [0.29, 0.717) is 5.56 Å². The molecule has 7 nitrogen and oxygen atoms in total. The lowest BCUT2D eigenvalue weighted by molar-refractivity contribution is -0.118. The number of aryl methyl sites for hydroxylation is 1. The lowest BCUT2D eigenvalue weighted by atomic mass is 10.2. The Balaban J connectivity index is 1.32. The third kappa shape index (κ3) is 6.19. The lowest BCUT2D eigenvalue weighted by Gasteiger charge is -2.07. The second-order valence-electron chi connectivity index (χ2n) is 6.95. The number of hydrazone groups is 1. The summed E-state index contributed by atoms with van der Waals surface area (Å²) < 4.78 is 32.0. The highest BCUT2D eigenvalue weighted by Gasteiger charge is 2.16. The van der Waals surface area contributed by atoms with Gasteiger partial charge >= 0.3 is 10.1 Å². The number of nitrogens with one attached hydrogen (secondary N) is 1. The Bertz CT molecular complexity index is 1380. The third-order valence-corrected chi connectivity index (χ3v) is 7.82. The first-order chi connectivity index (χ1) is 15.9. The van der Waals surface area contributed by atoms with E-state index in [4.69, 9.17) is 4.18 Å². The maximum atomic E-state index is 12.5. The predicted octanol–water partition coefficient (Wildman–Crippen LogP) is 4.61. The van der Waals surface area contributed by atoms with Crippen LogP contribution in [0, 0.1) is 6.92 Å². The normalized spacial score (nSPS) is 11.7. The molecule has 3 aromatic carbocycles. The molecule has 1 heterocycles. The summed E-state index contributed by atoms with van der Waals surface area (Å²) in [6.07, 6.45) is 1.42. The van der Waals surface area contributed by atoms with Crippen LogP contribution in [0.1, 0.15) is 11.1 Å². The molecular weight excluding hydrogens is 478 g/mol. The fourth-order valence-electron chi connectivity index (χ4n) is 2.78. The second kappa shape index (κ2) is 10.2. The van der Waals surface area contributed by atoms with E-state index in [2.05, 4.69) is 15.5 Å². The Kier molecular flexibility index (Phi) is 7.07. The summed E-state index contributed by atoms with van der Waals surface area (Å²) in [5.74, 6) is 0.0526. The number of hydrogen-bond acceptors (Lipinski definition) is 8. The molecule has 4 rings (SSSR count). The molecule has 0 saturated heterocycles. The van der Waals surface area contributed by atoms with Gasteiger partial charge in [0.1, 0.15) is 10.6 Å². The zero-order chi connectivity index (χ0) is 23.3. The van der Waals surface area contributed by atoms with Gasteiger partial charge in [-0.05, 0) is 48.9 Å². The Labute approximate surface area is 199 Å². The number of amides is 1. The molecule has 168 valence electrons. The van der Waals surface area contributed by atoms with Gasteiger partial charge in [0, 0.05) is 0 Å². The van der Waals surface area contributed by atoms with E-state index in [1.165, 1.54) is 53.6 Å². The van der Waals surface area contributed by atoms with Crippen molar-refractivity contribution in [1.29, 1.82) is 0 Å². The van der Waals surface area contributed by atoms with Crippen molar-refractivity contribution in [3.63, 3.8) is 0 Å². The molecule has 33 heavy (non-hydrogen) atoms. The Hall–Kier alpha value is -3.21. The molecule has 0 aliphatic carbocycles. The quantitative estimate of drug-likeness (QED) is 0.165. The number of benzene rings is 3. The van der Waals surface area contributed by atoms with Crippen molar-refractivity contribution in [2.75, 3.05) is 5.75 Å². The van der Waals surface area contributed by atoms with Gasteiger partial charge in [0.05, 0.1) is 22.2 Å². The van der Waals surface area contributed by atoms with Crippen molar-refractivity contribution in [3.05, 3.63) is 83.9 Å². The van der Waals surface area contributed by atoms with Crippen LogP contribution in [-0.4, -0.2) is 31.3 Å². The zero-order valence-electron chi connectivity index (χ0n) is 17.5. The highest BCUT2D eigenvalue weighted by atomic mass is 32.2.